The lowest BCUT2D eigenvalue weighted by Gasteiger charge is -2.10. The molecule has 4 heteroatoms. The molecule has 18 heavy (non-hydrogen) atoms. The lowest BCUT2D eigenvalue weighted by molar-refractivity contribution is 0.0685. The summed E-state index contributed by atoms with van der Waals surface area (Å²) in [7, 11) is 0. The molecule has 0 aliphatic rings. The van der Waals surface area contributed by atoms with E-state index in [1.165, 1.54) is 0 Å². The van der Waals surface area contributed by atoms with Crippen molar-refractivity contribution in [3.05, 3.63) is 45.7 Å². The molecular formula is C14H14INO2. The first-order valence-corrected chi connectivity index (χ1v) is 6.90. The van der Waals surface area contributed by atoms with Gasteiger partial charge in [0.05, 0.1) is 0 Å². The van der Waals surface area contributed by atoms with Gasteiger partial charge in [-0.15, -0.1) is 0 Å². The number of nitrogens with zero attached hydrogens (tertiary/aromatic N) is 1. The van der Waals surface area contributed by atoms with Gasteiger partial charge in [-0.2, -0.15) is 0 Å². The highest BCUT2D eigenvalue weighted by atomic mass is 127. The van der Waals surface area contributed by atoms with E-state index in [1.54, 1.807) is 6.07 Å². The van der Waals surface area contributed by atoms with Crippen LogP contribution in [0.3, 0.4) is 0 Å². The van der Waals surface area contributed by atoms with Gasteiger partial charge in [-0.25, -0.2) is 4.79 Å². The molecule has 0 unspecified atom stereocenters. The van der Waals surface area contributed by atoms with Crippen LogP contribution in [0, 0.1) is 3.57 Å². The standard InChI is InChI=1S/C14H14INO2/c1-2-8-16-12(6-7-13(16)14(17)18)10-4-3-5-11(15)9-10/h3-7,9H,2,8H2,1H3,(H,17,18). The SMILES string of the molecule is CCCn1c(C(=O)O)ccc1-c1cccc(I)c1. The highest BCUT2D eigenvalue weighted by Crippen LogP contribution is 2.24. The minimum absolute atomic E-state index is 0.353. The zero-order chi connectivity index (χ0) is 13.1. The van der Waals surface area contributed by atoms with Gasteiger partial charge in [0.2, 0.25) is 0 Å². The Bertz CT molecular complexity index is 575. The smallest absolute Gasteiger partial charge is 0.352 e. The van der Waals surface area contributed by atoms with E-state index in [-0.39, 0.29) is 0 Å². The van der Waals surface area contributed by atoms with Crippen molar-refractivity contribution in [3.63, 3.8) is 0 Å². The van der Waals surface area contributed by atoms with Gasteiger partial charge in [0.1, 0.15) is 5.69 Å². The van der Waals surface area contributed by atoms with Crippen molar-refractivity contribution in [3.8, 4) is 11.3 Å². The lowest BCUT2D eigenvalue weighted by atomic mass is 10.1. The fourth-order valence-corrected chi connectivity index (χ4v) is 2.56. The molecule has 3 nitrogen and oxygen atoms in total. The number of aromatic carboxylic acids is 1. The molecule has 0 saturated heterocycles. The lowest BCUT2D eigenvalue weighted by Crippen LogP contribution is -2.09. The Labute approximate surface area is 120 Å². The number of hydrogen-bond donors (Lipinski definition) is 1. The first kappa shape index (κ1) is 13.1. The average Bonchev–Trinajstić information content (AvgIpc) is 2.73. The van der Waals surface area contributed by atoms with Gasteiger partial charge in [-0.05, 0) is 58.8 Å². The summed E-state index contributed by atoms with van der Waals surface area (Å²) in [6.45, 7) is 2.76. The molecule has 0 spiro atoms. The number of carboxylic acids is 1. The zero-order valence-electron chi connectivity index (χ0n) is 10.1. The van der Waals surface area contributed by atoms with Crippen LogP contribution in [0.4, 0.5) is 0 Å². The minimum atomic E-state index is -0.875. The van der Waals surface area contributed by atoms with Crippen LogP contribution >= 0.6 is 22.6 Å². The minimum Gasteiger partial charge on any atom is -0.477 e. The first-order valence-electron chi connectivity index (χ1n) is 5.82. The van der Waals surface area contributed by atoms with Crippen LogP contribution in [-0.2, 0) is 6.54 Å². The second-order valence-electron chi connectivity index (χ2n) is 4.07. The van der Waals surface area contributed by atoms with Crippen LogP contribution in [0.2, 0.25) is 0 Å². The molecule has 0 aliphatic heterocycles. The maximum Gasteiger partial charge on any atom is 0.352 e. The van der Waals surface area contributed by atoms with E-state index in [0.717, 1.165) is 27.8 Å². The van der Waals surface area contributed by atoms with Gasteiger partial charge in [-0.3, -0.25) is 0 Å². The van der Waals surface area contributed by atoms with Gasteiger partial charge < -0.3 is 9.67 Å². The summed E-state index contributed by atoms with van der Waals surface area (Å²) < 4.78 is 3.01. The summed E-state index contributed by atoms with van der Waals surface area (Å²) in [5.41, 5.74) is 2.38. The van der Waals surface area contributed by atoms with E-state index < -0.39 is 5.97 Å². The zero-order valence-corrected chi connectivity index (χ0v) is 12.2. The molecule has 0 atom stereocenters. The molecule has 0 fully saturated rings. The summed E-state index contributed by atoms with van der Waals surface area (Å²) in [5.74, 6) is -0.875. The Balaban J connectivity index is 2.54. The highest BCUT2D eigenvalue weighted by molar-refractivity contribution is 14.1. The van der Waals surface area contributed by atoms with E-state index in [4.69, 9.17) is 0 Å². The van der Waals surface area contributed by atoms with Crippen molar-refractivity contribution >= 4 is 28.6 Å². The van der Waals surface area contributed by atoms with E-state index in [0.29, 0.717) is 5.69 Å². The monoisotopic (exact) mass is 355 g/mol. The van der Waals surface area contributed by atoms with Crippen molar-refractivity contribution in [1.29, 1.82) is 0 Å². The molecule has 0 bridgehead atoms. The molecule has 1 N–H and O–H groups in total. The molecule has 2 aromatic rings. The number of halogens is 1. The third-order valence-corrected chi connectivity index (χ3v) is 3.44. The first-order chi connectivity index (χ1) is 8.63. The quantitative estimate of drug-likeness (QED) is 0.847. The number of benzene rings is 1. The van der Waals surface area contributed by atoms with Crippen molar-refractivity contribution in [2.75, 3.05) is 0 Å². The molecule has 94 valence electrons. The van der Waals surface area contributed by atoms with E-state index in [2.05, 4.69) is 28.7 Å². The summed E-state index contributed by atoms with van der Waals surface area (Å²) in [5, 5.41) is 9.18. The Hall–Kier alpha value is -1.30. The third kappa shape index (κ3) is 2.58. The number of aromatic nitrogens is 1. The Kier molecular flexibility index (Phi) is 4.06. The maximum atomic E-state index is 11.2. The van der Waals surface area contributed by atoms with Gasteiger partial charge in [-0.1, -0.05) is 19.1 Å². The largest absolute Gasteiger partial charge is 0.477 e. The Morgan fingerprint density at radius 1 is 1.33 bits per heavy atom. The van der Waals surface area contributed by atoms with Crippen molar-refractivity contribution < 1.29 is 9.90 Å². The molecule has 0 amide bonds. The molecule has 0 saturated carbocycles. The number of hydrogen-bond acceptors (Lipinski definition) is 1. The normalized spacial score (nSPS) is 10.6. The second-order valence-corrected chi connectivity index (χ2v) is 5.32. The van der Waals surface area contributed by atoms with Gasteiger partial charge in [0.15, 0.2) is 0 Å². The van der Waals surface area contributed by atoms with Crippen LogP contribution in [-0.4, -0.2) is 15.6 Å². The predicted octanol–water partition coefficient (Wildman–Crippen LogP) is 3.87. The van der Waals surface area contributed by atoms with Crippen molar-refractivity contribution in [2.24, 2.45) is 0 Å². The fraction of sp³-hybridized carbons (Fsp3) is 0.214. The number of carboxylic acid groups (broad SMARTS) is 1. The molecule has 2 rings (SSSR count). The summed E-state index contributed by atoms with van der Waals surface area (Å²) in [6, 6.07) is 11.6. The van der Waals surface area contributed by atoms with Crippen LogP contribution in [0.5, 0.6) is 0 Å². The van der Waals surface area contributed by atoms with Gasteiger partial charge >= 0.3 is 5.97 Å². The highest BCUT2D eigenvalue weighted by Gasteiger charge is 2.14. The topological polar surface area (TPSA) is 42.2 Å². The Morgan fingerprint density at radius 3 is 2.72 bits per heavy atom. The molecule has 1 heterocycles. The predicted molar refractivity (Wildman–Crippen MR) is 79.8 cm³/mol. The Morgan fingerprint density at radius 2 is 2.11 bits per heavy atom. The van der Waals surface area contributed by atoms with Crippen LogP contribution in [0.15, 0.2) is 36.4 Å². The second kappa shape index (κ2) is 5.56. The molecular weight excluding hydrogens is 341 g/mol. The third-order valence-electron chi connectivity index (χ3n) is 2.77. The van der Waals surface area contributed by atoms with E-state index in [9.17, 15) is 9.90 Å². The molecule has 1 aromatic heterocycles. The average molecular weight is 355 g/mol. The van der Waals surface area contributed by atoms with Crippen molar-refractivity contribution in [1.82, 2.24) is 4.57 Å². The number of rotatable bonds is 4. The maximum absolute atomic E-state index is 11.2. The van der Waals surface area contributed by atoms with Crippen LogP contribution < -0.4 is 0 Å². The van der Waals surface area contributed by atoms with Crippen LogP contribution in [0.25, 0.3) is 11.3 Å². The molecule has 0 radical (unpaired) electrons. The van der Waals surface area contributed by atoms with E-state index in [1.807, 2.05) is 35.8 Å². The molecule has 0 aliphatic carbocycles. The summed E-state index contributed by atoms with van der Waals surface area (Å²) >= 11 is 2.26. The summed E-state index contributed by atoms with van der Waals surface area (Å²) in [4.78, 5) is 11.2. The van der Waals surface area contributed by atoms with Crippen LogP contribution in [0.1, 0.15) is 23.8 Å². The van der Waals surface area contributed by atoms with E-state index >= 15 is 0 Å². The van der Waals surface area contributed by atoms with Gasteiger partial charge in [0, 0.05) is 15.8 Å². The number of carbonyl (C=O) groups is 1. The van der Waals surface area contributed by atoms with Gasteiger partial charge in [0.25, 0.3) is 0 Å². The molecule has 1 aromatic carbocycles. The fourth-order valence-electron chi connectivity index (χ4n) is 2.02. The van der Waals surface area contributed by atoms with Crippen molar-refractivity contribution in [2.45, 2.75) is 19.9 Å². The summed E-state index contributed by atoms with van der Waals surface area (Å²) in [6.07, 6.45) is 0.909.